The van der Waals surface area contributed by atoms with Crippen LogP contribution < -0.4 is 0 Å². The van der Waals surface area contributed by atoms with Crippen molar-refractivity contribution in [3.05, 3.63) is 65.5 Å². The predicted molar refractivity (Wildman–Crippen MR) is 60.3 cm³/mol. The van der Waals surface area contributed by atoms with E-state index in [1.807, 2.05) is 56.3 Å². The van der Waals surface area contributed by atoms with Crippen molar-refractivity contribution < 1.29 is 22.2 Å². The quantitative estimate of drug-likeness (QED) is 0.418. The predicted octanol–water partition coefficient (Wildman–Crippen LogP) is 3.74. The average molecular weight is 243 g/mol. The summed E-state index contributed by atoms with van der Waals surface area (Å²) in [6.07, 6.45) is 5.05. The summed E-state index contributed by atoms with van der Waals surface area (Å²) >= 11 is 0. The molecule has 0 amide bonds. The second kappa shape index (κ2) is 7.22. The Morgan fingerprint density at radius 1 is 1.13 bits per heavy atom. The molecular weight excluding hydrogens is 228 g/mol. The maximum atomic E-state index is 8.61. The smallest absolute Gasteiger partial charge is 0.0866 e. The van der Waals surface area contributed by atoms with Crippen LogP contribution in [-0.4, -0.2) is 5.11 Å². The third-order valence-corrected chi connectivity index (χ3v) is 2.23. The molecule has 1 aliphatic carbocycles. The van der Waals surface area contributed by atoms with E-state index >= 15 is 0 Å². The maximum Gasteiger partial charge on any atom is 0.0866 e. The molecule has 82 valence electrons. The Hall–Kier alpha value is -1.11. The Bertz CT molecular complexity index is 339. The molecule has 0 fully saturated rings. The number of rotatable bonds is 0. The average Bonchev–Trinajstić information content (AvgIpc) is 2.82. The maximum absolute atomic E-state index is 8.61. The first-order chi connectivity index (χ1) is 6.75. The fourth-order valence-electron chi connectivity index (χ4n) is 1.15. The number of aliphatic hydroxyl groups excluding tert-OH is 1. The van der Waals surface area contributed by atoms with Gasteiger partial charge in [0, 0.05) is 22.6 Å². The Morgan fingerprint density at radius 2 is 1.73 bits per heavy atom. The molecule has 2 heteroatoms. The van der Waals surface area contributed by atoms with E-state index in [-0.39, 0.29) is 17.1 Å². The van der Waals surface area contributed by atoms with E-state index in [1.54, 1.807) is 0 Å². The van der Waals surface area contributed by atoms with E-state index in [4.69, 9.17) is 5.11 Å². The van der Waals surface area contributed by atoms with E-state index in [1.165, 1.54) is 5.57 Å². The Morgan fingerprint density at radius 3 is 1.93 bits per heavy atom. The summed E-state index contributed by atoms with van der Waals surface area (Å²) in [4.78, 5) is 0. The van der Waals surface area contributed by atoms with Crippen molar-refractivity contribution in [1.82, 2.24) is 0 Å². The SMILES string of the molecule is CC1=C(C)/C(=C/O)C=C1.[Fe].c1cc[cH-]c1. The van der Waals surface area contributed by atoms with Crippen molar-refractivity contribution >= 4 is 0 Å². The minimum Gasteiger partial charge on any atom is -0.515 e. The topological polar surface area (TPSA) is 20.2 Å². The molecule has 1 aliphatic rings. The van der Waals surface area contributed by atoms with Crippen LogP contribution in [0.3, 0.4) is 0 Å². The van der Waals surface area contributed by atoms with Gasteiger partial charge in [-0.15, -0.1) is 0 Å². The molecular formula is C13H15FeO-. The molecule has 0 saturated heterocycles. The molecule has 15 heavy (non-hydrogen) atoms. The molecule has 0 aromatic heterocycles. The summed E-state index contributed by atoms with van der Waals surface area (Å²) in [6.45, 7) is 4.03. The second-order valence-corrected chi connectivity index (χ2v) is 3.19. The minimum atomic E-state index is 0. The first kappa shape index (κ1) is 13.9. The summed E-state index contributed by atoms with van der Waals surface area (Å²) in [7, 11) is 0. The number of allylic oxidation sites excluding steroid dienone is 5. The summed E-state index contributed by atoms with van der Waals surface area (Å²) in [6, 6.07) is 10.0. The molecule has 1 N–H and O–H groups in total. The summed E-state index contributed by atoms with van der Waals surface area (Å²) in [5, 5.41) is 8.61. The molecule has 0 radical (unpaired) electrons. The molecule has 1 aromatic carbocycles. The van der Waals surface area contributed by atoms with Gasteiger partial charge in [-0.25, -0.2) is 12.1 Å². The van der Waals surface area contributed by atoms with Crippen LogP contribution in [0.1, 0.15) is 13.8 Å². The van der Waals surface area contributed by atoms with Crippen LogP contribution >= 0.6 is 0 Å². The zero-order chi connectivity index (χ0) is 10.4. The second-order valence-electron chi connectivity index (χ2n) is 3.19. The van der Waals surface area contributed by atoms with Gasteiger partial charge in [-0.1, -0.05) is 12.2 Å². The molecule has 1 aromatic rings. The monoisotopic (exact) mass is 243 g/mol. The van der Waals surface area contributed by atoms with Crippen LogP contribution in [0.4, 0.5) is 0 Å². The number of hydrogen-bond donors (Lipinski definition) is 1. The van der Waals surface area contributed by atoms with Gasteiger partial charge in [-0.05, 0) is 25.0 Å². The third-order valence-electron chi connectivity index (χ3n) is 2.23. The number of hydrogen-bond acceptors (Lipinski definition) is 1. The van der Waals surface area contributed by atoms with E-state index < -0.39 is 0 Å². The fourth-order valence-corrected chi connectivity index (χ4v) is 1.15. The van der Waals surface area contributed by atoms with Gasteiger partial charge in [0.05, 0.1) is 6.26 Å². The van der Waals surface area contributed by atoms with Crippen LogP contribution in [0.2, 0.25) is 0 Å². The van der Waals surface area contributed by atoms with Crippen molar-refractivity contribution in [2.24, 2.45) is 0 Å². The van der Waals surface area contributed by atoms with Gasteiger partial charge in [0.2, 0.25) is 0 Å². The zero-order valence-corrected chi connectivity index (χ0v) is 10.0. The largest absolute Gasteiger partial charge is 0.515 e. The van der Waals surface area contributed by atoms with Crippen LogP contribution in [0.15, 0.2) is 65.5 Å². The van der Waals surface area contributed by atoms with E-state index in [2.05, 4.69) is 0 Å². The summed E-state index contributed by atoms with van der Waals surface area (Å²) < 4.78 is 0. The van der Waals surface area contributed by atoms with Crippen molar-refractivity contribution in [2.45, 2.75) is 13.8 Å². The van der Waals surface area contributed by atoms with Gasteiger partial charge in [-0.2, -0.15) is 18.2 Å². The van der Waals surface area contributed by atoms with E-state index in [0.29, 0.717) is 0 Å². The Kier molecular flexibility index (Phi) is 6.68. The normalized spacial score (nSPS) is 16.0. The number of aliphatic hydroxyl groups is 1. The van der Waals surface area contributed by atoms with Crippen LogP contribution in [-0.2, 0) is 17.1 Å². The standard InChI is InChI=1S/C8H10O.C5H5.Fe/c1-6-3-4-8(5-9)7(6)2;1-2-4-5-3-1;/h3-5,9H,1-2H3;1-5H;/q;-1;/b8-5+;;. The molecule has 0 heterocycles. The van der Waals surface area contributed by atoms with E-state index in [9.17, 15) is 0 Å². The van der Waals surface area contributed by atoms with Gasteiger partial charge in [-0.3, -0.25) is 0 Å². The molecule has 0 atom stereocenters. The summed E-state index contributed by atoms with van der Waals surface area (Å²) in [5.74, 6) is 0. The van der Waals surface area contributed by atoms with Gasteiger partial charge in [0.1, 0.15) is 0 Å². The van der Waals surface area contributed by atoms with Crippen LogP contribution in [0, 0.1) is 0 Å². The van der Waals surface area contributed by atoms with Gasteiger partial charge in [0.15, 0.2) is 0 Å². The molecule has 0 unspecified atom stereocenters. The van der Waals surface area contributed by atoms with Crippen LogP contribution in [0.25, 0.3) is 0 Å². The molecule has 2 rings (SSSR count). The van der Waals surface area contributed by atoms with Crippen molar-refractivity contribution in [3.8, 4) is 0 Å². The van der Waals surface area contributed by atoms with E-state index in [0.717, 1.165) is 17.4 Å². The van der Waals surface area contributed by atoms with Crippen molar-refractivity contribution in [2.75, 3.05) is 0 Å². The Labute approximate surface area is 102 Å². The van der Waals surface area contributed by atoms with Crippen molar-refractivity contribution in [1.29, 1.82) is 0 Å². The first-order valence-electron chi connectivity index (χ1n) is 4.62. The zero-order valence-electron chi connectivity index (χ0n) is 8.92. The molecule has 1 nitrogen and oxygen atoms in total. The Balaban J connectivity index is 0.000000280. The first-order valence-corrected chi connectivity index (χ1v) is 4.62. The molecule has 0 spiro atoms. The van der Waals surface area contributed by atoms with Gasteiger partial charge >= 0.3 is 0 Å². The summed E-state index contributed by atoms with van der Waals surface area (Å²) in [5.41, 5.74) is 3.32. The fraction of sp³-hybridized carbons (Fsp3) is 0.154. The van der Waals surface area contributed by atoms with Gasteiger partial charge in [0.25, 0.3) is 0 Å². The van der Waals surface area contributed by atoms with Crippen molar-refractivity contribution in [3.63, 3.8) is 0 Å². The minimum absolute atomic E-state index is 0. The molecule has 0 bridgehead atoms. The third kappa shape index (κ3) is 4.28. The van der Waals surface area contributed by atoms with Gasteiger partial charge < -0.3 is 5.11 Å². The molecule has 0 aliphatic heterocycles. The van der Waals surface area contributed by atoms with Crippen LogP contribution in [0.5, 0.6) is 0 Å². The molecule has 0 saturated carbocycles.